The number of hydrogen-bond donors (Lipinski definition) is 1. The first-order valence-electron chi connectivity index (χ1n) is 8.53. The predicted molar refractivity (Wildman–Crippen MR) is 87.1 cm³/mol. The van der Waals surface area contributed by atoms with Crippen LogP contribution in [0.1, 0.15) is 54.4 Å². The van der Waals surface area contributed by atoms with Crippen molar-refractivity contribution in [3.8, 4) is 0 Å². The minimum absolute atomic E-state index is 0.226. The Morgan fingerprint density at radius 1 is 1.20 bits per heavy atom. The molecule has 0 radical (unpaired) electrons. The zero-order valence-electron chi connectivity index (χ0n) is 14.4. The van der Waals surface area contributed by atoms with Gasteiger partial charge < -0.3 is 5.32 Å². The highest BCUT2D eigenvalue weighted by molar-refractivity contribution is 4.93. The maximum absolute atomic E-state index is 3.67. The van der Waals surface area contributed by atoms with Gasteiger partial charge >= 0.3 is 0 Å². The average molecular weight is 281 g/mol. The summed E-state index contributed by atoms with van der Waals surface area (Å²) in [5, 5.41) is 3.67. The van der Waals surface area contributed by atoms with E-state index >= 15 is 0 Å². The molecule has 0 aromatic heterocycles. The van der Waals surface area contributed by atoms with Crippen molar-refractivity contribution in [3.63, 3.8) is 0 Å². The Labute approximate surface area is 126 Å². The van der Waals surface area contributed by atoms with Crippen LogP contribution in [0, 0.1) is 5.92 Å². The van der Waals surface area contributed by atoms with Crippen molar-refractivity contribution in [1.82, 2.24) is 15.1 Å². The quantitative estimate of drug-likeness (QED) is 0.854. The molecule has 20 heavy (non-hydrogen) atoms. The van der Waals surface area contributed by atoms with Crippen molar-refractivity contribution in [2.75, 3.05) is 26.2 Å². The molecule has 4 unspecified atom stereocenters. The number of piperazine rings is 1. The van der Waals surface area contributed by atoms with E-state index in [9.17, 15) is 0 Å². The standard InChI is InChI=1S/C17H35N3/c1-13(10-18-17(4,5)6)15(3)20-12-16-8-7-9-19(16)11-14(20)2/h13-16,18H,7-12H2,1-6H3. The van der Waals surface area contributed by atoms with E-state index in [0.717, 1.165) is 12.6 Å². The van der Waals surface area contributed by atoms with Crippen molar-refractivity contribution in [1.29, 1.82) is 0 Å². The van der Waals surface area contributed by atoms with Gasteiger partial charge in [0, 0.05) is 36.8 Å². The van der Waals surface area contributed by atoms with Gasteiger partial charge in [-0.3, -0.25) is 9.80 Å². The molecule has 2 fully saturated rings. The fraction of sp³-hybridized carbons (Fsp3) is 1.00. The van der Waals surface area contributed by atoms with Gasteiger partial charge in [0.2, 0.25) is 0 Å². The molecule has 3 heteroatoms. The number of nitrogens with zero attached hydrogens (tertiary/aromatic N) is 2. The lowest BCUT2D eigenvalue weighted by atomic mass is 9.96. The molecule has 0 aliphatic carbocycles. The maximum atomic E-state index is 3.67. The molecule has 2 aliphatic heterocycles. The highest BCUT2D eigenvalue weighted by Crippen LogP contribution is 2.27. The Morgan fingerprint density at radius 3 is 2.55 bits per heavy atom. The van der Waals surface area contributed by atoms with Crippen LogP contribution in [0.4, 0.5) is 0 Å². The van der Waals surface area contributed by atoms with Gasteiger partial charge in [-0.1, -0.05) is 6.92 Å². The molecular weight excluding hydrogens is 246 g/mol. The van der Waals surface area contributed by atoms with Gasteiger partial charge in [-0.25, -0.2) is 0 Å². The molecule has 0 saturated carbocycles. The van der Waals surface area contributed by atoms with Gasteiger partial charge in [0.15, 0.2) is 0 Å². The second-order valence-electron chi connectivity index (χ2n) is 8.19. The minimum Gasteiger partial charge on any atom is -0.312 e. The average Bonchev–Trinajstić information content (AvgIpc) is 2.80. The van der Waals surface area contributed by atoms with Crippen molar-refractivity contribution in [3.05, 3.63) is 0 Å². The SMILES string of the molecule is CC(CNC(C)(C)C)C(C)N1CC2CCCN2CC1C. The zero-order valence-corrected chi connectivity index (χ0v) is 14.4. The third-order valence-corrected chi connectivity index (χ3v) is 5.29. The summed E-state index contributed by atoms with van der Waals surface area (Å²) in [6.07, 6.45) is 2.81. The van der Waals surface area contributed by atoms with Crippen LogP contribution in [0.25, 0.3) is 0 Å². The van der Waals surface area contributed by atoms with E-state index in [1.807, 2.05) is 0 Å². The zero-order chi connectivity index (χ0) is 14.9. The molecule has 2 aliphatic rings. The Hall–Kier alpha value is -0.120. The molecule has 0 amide bonds. The van der Waals surface area contributed by atoms with Crippen LogP contribution in [0.2, 0.25) is 0 Å². The molecule has 2 saturated heterocycles. The van der Waals surface area contributed by atoms with Gasteiger partial charge in [-0.05, 0) is 66.5 Å². The number of rotatable bonds is 4. The minimum atomic E-state index is 0.226. The van der Waals surface area contributed by atoms with Crippen LogP contribution in [-0.4, -0.2) is 59.6 Å². The Morgan fingerprint density at radius 2 is 1.90 bits per heavy atom. The van der Waals surface area contributed by atoms with E-state index in [4.69, 9.17) is 0 Å². The van der Waals surface area contributed by atoms with Crippen LogP contribution in [0.15, 0.2) is 0 Å². The summed E-state index contributed by atoms with van der Waals surface area (Å²) in [4.78, 5) is 5.48. The van der Waals surface area contributed by atoms with Crippen LogP contribution in [0.5, 0.6) is 0 Å². The molecule has 3 nitrogen and oxygen atoms in total. The van der Waals surface area contributed by atoms with E-state index in [1.54, 1.807) is 0 Å². The lowest BCUT2D eigenvalue weighted by molar-refractivity contribution is 0.0163. The summed E-state index contributed by atoms with van der Waals surface area (Å²) >= 11 is 0. The fourth-order valence-corrected chi connectivity index (χ4v) is 3.74. The lowest BCUT2D eigenvalue weighted by Gasteiger charge is -2.47. The summed E-state index contributed by atoms with van der Waals surface area (Å²) in [7, 11) is 0. The van der Waals surface area contributed by atoms with Crippen molar-refractivity contribution in [2.24, 2.45) is 5.92 Å². The van der Waals surface area contributed by atoms with E-state index in [1.165, 1.54) is 32.5 Å². The molecule has 4 atom stereocenters. The second kappa shape index (κ2) is 6.33. The summed E-state index contributed by atoms with van der Waals surface area (Å²) < 4.78 is 0. The first kappa shape index (κ1) is 16.3. The van der Waals surface area contributed by atoms with Crippen LogP contribution in [-0.2, 0) is 0 Å². The van der Waals surface area contributed by atoms with E-state index in [0.29, 0.717) is 18.0 Å². The molecule has 0 bridgehead atoms. The molecule has 118 valence electrons. The number of fused-ring (bicyclic) bond motifs is 1. The van der Waals surface area contributed by atoms with Gasteiger partial charge in [0.25, 0.3) is 0 Å². The topological polar surface area (TPSA) is 18.5 Å². The second-order valence-corrected chi connectivity index (χ2v) is 8.19. The smallest absolute Gasteiger partial charge is 0.0224 e. The highest BCUT2D eigenvalue weighted by Gasteiger charge is 2.37. The molecule has 0 spiro atoms. The van der Waals surface area contributed by atoms with Crippen molar-refractivity contribution in [2.45, 2.75) is 78.0 Å². The van der Waals surface area contributed by atoms with Crippen LogP contribution in [0.3, 0.4) is 0 Å². The summed E-state index contributed by atoms with van der Waals surface area (Å²) in [5.74, 6) is 0.699. The first-order valence-corrected chi connectivity index (χ1v) is 8.53. The highest BCUT2D eigenvalue weighted by atomic mass is 15.3. The van der Waals surface area contributed by atoms with Gasteiger partial charge in [0.1, 0.15) is 0 Å². The first-order chi connectivity index (χ1) is 9.28. The third kappa shape index (κ3) is 3.96. The van der Waals surface area contributed by atoms with E-state index in [2.05, 4.69) is 56.7 Å². The molecule has 0 aromatic rings. The fourth-order valence-electron chi connectivity index (χ4n) is 3.74. The number of hydrogen-bond acceptors (Lipinski definition) is 3. The summed E-state index contributed by atoms with van der Waals surface area (Å²) in [5.41, 5.74) is 0.226. The van der Waals surface area contributed by atoms with Crippen molar-refractivity contribution >= 4 is 0 Å². The van der Waals surface area contributed by atoms with Gasteiger partial charge in [0.05, 0.1) is 0 Å². The van der Waals surface area contributed by atoms with E-state index in [-0.39, 0.29) is 5.54 Å². The Bertz CT molecular complexity index is 310. The largest absolute Gasteiger partial charge is 0.312 e. The molecule has 2 rings (SSSR count). The normalized spacial score (nSPS) is 32.1. The Kier molecular flexibility index (Phi) is 5.14. The van der Waals surface area contributed by atoms with Crippen molar-refractivity contribution < 1.29 is 0 Å². The monoisotopic (exact) mass is 281 g/mol. The molecule has 2 heterocycles. The number of nitrogens with one attached hydrogen (secondary N) is 1. The van der Waals surface area contributed by atoms with E-state index < -0.39 is 0 Å². The van der Waals surface area contributed by atoms with Crippen LogP contribution < -0.4 is 5.32 Å². The molecule has 1 N–H and O–H groups in total. The van der Waals surface area contributed by atoms with Gasteiger partial charge in [-0.2, -0.15) is 0 Å². The maximum Gasteiger partial charge on any atom is 0.0224 e. The third-order valence-electron chi connectivity index (χ3n) is 5.29. The summed E-state index contributed by atoms with van der Waals surface area (Å²) in [6, 6.07) is 2.20. The molecule has 0 aromatic carbocycles. The van der Waals surface area contributed by atoms with Gasteiger partial charge in [-0.15, -0.1) is 0 Å². The molecular formula is C17H35N3. The summed E-state index contributed by atoms with van der Waals surface area (Å²) in [6.45, 7) is 19.0. The lowest BCUT2D eigenvalue weighted by Crippen LogP contribution is -2.59. The van der Waals surface area contributed by atoms with Crippen LogP contribution >= 0.6 is 0 Å². The predicted octanol–water partition coefficient (Wildman–Crippen LogP) is 2.57. The Balaban J connectivity index is 1.88.